The summed E-state index contributed by atoms with van der Waals surface area (Å²) < 4.78 is 0. The van der Waals surface area contributed by atoms with E-state index in [4.69, 9.17) is 5.11 Å². The first-order valence-corrected chi connectivity index (χ1v) is 8.62. The van der Waals surface area contributed by atoms with Crippen molar-refractivity contribution in [3.05, 3.63) is 70.1 Å². The number of aliphatic carboxylic acids is 1. The number of rotatable bonds is 5. The third kappa shape index (κ3) is 3.44. The molecule has 4 rings (SSSR count). The molecular weight excluding hydrogens is 346 g/mol. The van der Waals surface area contributed by atoms with Gasteiger partial charge in [0.1, 0.15) is 0 Å². The Kier molecular flexibility index (Phi) is 4.19. The van der Waals surface area contributed by atoms with Gasteiger partial charge < -0.3 is 10.4 Å². The van der Waals surface area contributed by atoms with Crippen LogP contribution in [0.5, 0.6) is 0 Å². The molecule has 2 atom stereocenters. The molecule has 0 spiro atoms. The maximum Gasteiger partial charge on any atom is 0.307 e. The molecule has 1 aliphatic carbocycles. The van der Waals surface area contributed by atoms with Gasteiger partial charge in [-0.2, -0.15) is 5.10 Å². The van der Waals surface area contributed by atoms with Crippen LogP contribution in [0.1, 0.15) is 17.7 Å². The number of H-pyrrole nitrogens is 1. The molecule has 0 aliphatic heterocycles. The molecule has 3 aromatic rings. The summed E-state index contributed by atoms with van der Waals surface area (Å²) in [6.45, 7) is 0. The SMILES string of the molecule is O=C(O)C1CC1C(=O)Nc1cccc(Cc2n[nH]c(=O)c3ccccc23)c1. The molecule has 0 radical (unpaired) electrons. The fourth-order valence-electron chi connectivity index (χ4n) is 3.25. The van der Waals surface area contributed by atoms with Gasteiger partial charge in [-0.15, -0.1) is 0 Å². The highest BCUT2D eigenvalue weighted by Crippen LogP contribution is 2.39. The summed E-state index contributed by atoms with van der Waals surface area (Å²) >= 11 is 0. The summed E-state index contributed by atoms with van der Waals surface area (Å²) in [5.41, 5.74) is 2.04. The van der Waals surface area contributed by atoms with E-state index in [1.807, 2.05) is 30.3 Å². The molecule has 1 aromatic heterocycles. The number of anilines is 1. The van der Waals surface area contributed by atoms with E-state index in [0.717, 1.165) is 16.6 Å². The van der Waals surface area contributed by atoms with Crippen molar-refractivity contribution in [2.45, 2.75) is 12.8 Å². The van der Waals surface area contributed by atoms with Gasteiger partial charge in [-0.3, -0.25) is 14.4 Å². The van der Waals surface area contributed by atoms with Gasteiger partial charge >= 0.3 is 5.97 Å². The highest BCUT2D eigenvalue weighted by atomic mass is 16.4. The molecule has 2 aromatic carbocycles. The Hall–Kier alpha value is -3.48. The monoisotopic (exact) mass is 363 g/mol. The predicted octanol–water partition coefficient (Wildman–Crippen LogP) is 2.17. The number of nitrogens with one attached hydrogen (secondary N) is 2. The second kappa shape index (κ2) is 6.68. The number of fused-ring (bicyclic) bond motifs is 1. The second-order valence-corrected chi connectivity index (χ2v) is 6.70. The zero-order valence-electron chi connectivity index (χ0n) is 14.3. The molecule has 2 unspecified atom stereocenters. The molecule has 0 bridgehead atoms. The molecule has 0 saturated heterocycles. The lowest BCUT2D eigenvalue weighted by molar-refractivity contribution is -0.139. The largest absolute Gasteiger partial charge is 0.481 e. The van der Waals surface area contributed by atoms with Crippen LogP contribution in [0.4, 0.5) is 5.69 Å². The Morgan fingerprint density at radius 1 is 1.11 bits per heavy atom. The van der Waals surface area contributed by atoms with E-state index >= 15 is 0 Å². The van der Waals surface area contributed by atoms with Crippen LogP contribution in [0.3, 0.4) is 0 Å². The molecule has 1 fully saturated rings. The third-order valence-electron chi connectivity index (χ3n) is 4.79. The van der Waals surface area contributed by atoms with Gasteiger partial charge in [0.25, 0.3) is 5.56 Å². The van der Waals surface area contributed by atoms with E-state index in [-0.39, 0.29) is 11.5 Å². The van der Waals surface area contributed by atoms with Crippen molar-refractivity contribution in [3.8, 4) is 0 Å². The fraction of sp³-hybridized carbons (Fsp3) is 0.200. The number of hydrogen-bond acceptors (Lipinski definition) is 4. The number of aromatic amines is 1. The third-order valence-corrected chi connectivity index (χ3v) is 4.79. The standard InChI is InChI=1S/C20H17N3O4/c24-18(15-10-16(15)20(26)27)21-12-5-3-4-11(8-12)9-17-13-6-1-2-7-14(13)19(25)23-22-17/h1-8,15-16H,9-10H2,(H,21,24)(H,23,25)(H,26,27). The molecule has 7 nitrogen and oxygen atoms in total. The van der Waals surface area contributed by atoms with Gasteiger partial charge in [0.2, 0.25) is 5.91 Å². The molecule has 3 N–H and O–H groups in total. The molecule has 1 aliphatic rings. The predicted molar refractivity (Wildman–Crippen MR) is 99.5 cm³/mol. The van der Waals surface area contributed by atoms with Gasteiger partial charge in [0.15, 0.2) is 0 Å². The molecule has 136 valence electrons. The summed E-state index contributed by atoms with van der Waals surface area (Å²) in [5.74, 6) is -2.24. The molecule has 1 saturated carbocycles. The summed E-state index contributed by atoms with van der Waals surface area (Å²) in [7, 11) is 0. The highest BCUT2D eigenvalue weighted by Gasteiger charge is 2.48. The van der Waals surface area contributed by atoms with E-state index in [1.165, 1.54) is 0 Å². The molecular formula is C20H17N3O4. The van der Waals surface area contributed by atoms with Crippen LogP contribution in [0.25, 0.3) is 10.8 Å². The van der Waals surface area contributed by atoms with E-state index in [2.05, 4.69) is 15.5 Å². The van der Waals surface area contributed by atoms with E-state index in [0.29, 0.717) is 23.9 Å². The van der Waals surface area contributed by atoms with Crippen LogP contribution < -0.4 is 10.9 Å². The Labute approximate surface area is 154 Å². The topological polar surface area (TPSA) is 112 Å². The Balaban J connectivity index is 1.54. The average molecular weight is 363 g/mol. The minimum atomic E-state index is -0.931. The first-order valence-electron chi connectivity index (χ1n) is 8.62. The number of hydrogen-bond donors (Lipinski definition) is 3. The van der Waals surface area contributed by atoms with E-state index in [9.17, 15) is 14.4 Å². The van der Waals surface area contributed by atoms with Crippen molar-refractivity contribution >= 4 is 28.3 Å². The molecule has 27 heavy (non-hydrogen) atoms. The Bertz CT molecular complexity index is 1110. The lowest BCUT2D eigenvalue weighted by atomic mass is 10.0. The van der Waals surface area contributed by atoms with E-state index in [1.54, 1.807) is 18.2 Å². The summed E-state index contributed by atoms with van der Waals surface area (Å²) in [6, 6.07) is 14.6. The zero-order chi connectivity index (χ0) is 19.0. The minimum absolute atomic E-state index is 0.229. The van der Waals surface area contributed by atoms with Gasteiger partial charge in [-0.1, -0.05) is 30.3 Å². The quantitative estimate of drug-likeness (QED) is 0.643. The van der Waals surface area contributed by atoms with Crippen molar-refractivity contribution in [3.63, 3.8) is 0 Å². The van der Waals surface area contributed by atoms with Crippen LogP contribution in [0.2, 0.25) is 0 Å². The van der Waals surface area contributed by atoms with Crippen molar-refractivity contribution in [1.82, 2.24) is 10.2 Å². The summed E-state index contributed by atoms with van der Waals surface area (Å²) in [6.07, 6.45) is 0.871. The maximum atomic E-state index is 12.1. The fourth-order valence-corrected chi connectivity index (χ4v) is 3.25. The number of aromatic nitrogens is 2. The van der Waals surface area contributed by atoms with Crippen LogP contribution in [0, 0.1) is 11.8 Å². The number of amides is 1. The Morgan fingerprint density at radius 2 is 1.89 bits per heavy atom. The van der Waals surface area contributed by atoms with Crippen LogP contribution >= 0.6 is 0 Å². The summed E-state index contributed by atoms with van der Waals surface area (Å²) in [5, 5.41) is 19.8. The highest BCUT2D eigenvalue weighted by molar-refractivity contribution is 5.98. The van der Waals surface area contributed by atoms with E-state index < -0.39 is 17.8 Å². The van der Waals surface area contributed by atoms with Crippen LogP contribution in [-0.2, 0) is 16.0 Å². The molecule has 1 amide bonds. The van der Waals surface area contributed by atoms with Crippen LogP contribution in [-0.4, -0.2) is 27.2 Å². The first-order chi connectivity index (χ1) is 13.0. The van der Waals surface area contributed by atoms with Gasteiger partial charge in [0, 0.05) is 17.5 Å². The number of benzene rings is 2. The Morgan fingerprint density at radius 3 is 2.63 bits per heavy atom. The van der Waals surface area contributed by atoms with Gasteiger partial charge in [-0.25, -0.2) is 5.10 Å². The number of carboxylic acid groups (broad SMARTS) is 1. The zero-order valence-corrected chi connectivity index (χ0v) is 14.3. The van der Waals surface area contributed by atoms with Crippen molar-refractivity contribution in [1.29, 1.82) is 0 Å². The van der Waals surface area contributed by atoms with Crippen molar-refractivity contribution < 1.29 is 14.7 Å². The normalized spacial score (nSPS) is 18.2. The lowest BCUT2D eigenvalue weighted by Crippen LogP contribution is -2.17. The number of carbonyl (C=O) groups excluding carboxylic acids is 1. The smallest absolute Gasteiger partial charge is 0.307 e. The van der Waals surface area contributed by atoms with Crippen LogP contribution in [0.15, 0.2) is 53.3 Å². The lowest BCUT2D eigenvalue weighted by Gasteiger charge is -2.08. The number of carboxylic acids is 1. The number of carbonyl (C=O) groups is 2. The molecule has 7 heteroatoms. The van der Waals surface area contributed by atoms with Crippen molar-refractivity contribution in [2.75, 3.05) is 5.32 Å². The first kappa shape index (κ1) is 17.0. The van der Waals surface area contributed by atoms with Gasteiger partial charge in [0.05, 0.1) is 22.9 Å². The second-order valence-electron chi connectivity index (χ2n) is 6.70. The number of nitrogens with zero attached hydrogens (tertiary/aromatic N) is 1. The summed E-state index contributed by atoms with van der Waals surface area (Å²) in [4.78, 5) is 34.9. The average Bonchev–Trinajstić information content (AvgIpc) is 3.46. The minimum Gasteiger partial charge on any atom is -0.481 e. The van der Waals surface area contributed by atoms with Gasteiger partial charge in [-0.05, 0) is 30.2 Å². The maximum absolute atomic E-state index is 12.1. The van der Waals surface area contributed by atoms with Crippen molar-refractivity contribution in [2.24, 2.45) is 11.8 Å². The molecule has 1 heterocycles.